The number of hydrogen-bond acceptors (Lipinski definition) is 4. The Kier molecular flexibility index (Phi) is 4.42. The van der Waals surface area contributed by atoms with E-state index in [0.717, 1.165) is 25.8 Å². The molecule has 3 rings (SSSR count). The number of hydrogen-bond donors (Lipinski definition) is 1. The Bertz CT molecular complexity index is 512. The van der Waals surface area contributed by atoms with E-state index in [1.165, 1.54) is 12.8 Å². The zero-order valence-electron chi connectivity index (χ0n) is 12.2. The Hall–Kier alpha value is -1.57. The summed E-state index contributed by atoms with van der Waals surface area (Å²) in [6, 6.07) is 10.6. The van der Waals surface area contributed by atoms with Crippen LogP contribution in [0.1, 0.15) is 37.7 Å². The molecule has 1 N–H and O–H groups in total. The van der Waals surface area contributed by atoms with Crippen LogP contribution in [0.2, 0.25) is 0 Å². The van der Waals surface area contributed by atoms with Crippen molar-refractivity contribution in [2.24, 2.45) is 0 Å². The van der Waals surface area contributed by atoms with E-state index in [1.807, 2.05) is 18.2 Å². The number of ether oxygens (including phenoxy) is 1. The molecule has 2 fully saturated rings. The molecule has 1 aromatic rings. The minimum atomic E-state index is -0.0995. The largest absolute Gasteiger partial charge is 0.492 e. The number of piperidine rings is 1. The van der Waals surface area contributed by atoms with Gasteiger partial charge in [-0.3, -0.25) is 4.90 Å². The van der Waals surface area contributed by atoms with Crippen molar-refractivity contribution in [1.82, 2.24) is 4.90 Å². The van der Waals surface area contributed by atoms with Crippen molar-refractivity contribution in [3.05, 3.63) is 29.8 Å². The van der Waals surface area contributed by atoms with Crippen LogP contribution in [-0.4, -0.2) is 41.3 Å². The zero-order chi connectivity index (χ0) is 14.7. The average Bonchev–Trinajstić information content (AvgIpc) is 2.74. The van der Waals surface area contributed by atoms with Gasteiger partial charge < -0.3 is 9.84 Å². The molecule has 0 aromatic heterocycles. The quantitative estimate of drug-likeness (QED) is 0.844. The smallest absolute Gasteiger partial charge is 0.137 e. The third-order valence-corrected chi connectivity index (χ3v) is 4.69. The molecule has 2 atom stereocenters. The van der Waals surface area contributed by atoms with E-state index in [0.29, 0.717) is 30.0 Å². The fourth-order valence-corrected chi connectivity index (χ4v) is 3.72. The molecule has 0 radical (unpaired) electrons. The molecule has 1 aromatic carbocycles. The second-order valence-electron chi connectivity index (χ2n) is 6.06. The average molecular weight is 286 g/mol. The van der Waals surface area contributed by atoms with Crippen LogP contribution >= 0.6 is 0 Å². The third-order valence-electron chi connectivity index (χ3n) is 4.69. The maximum absolute atomic E-state index is 9.80. The molecule has 0 aliphatic carbocycles. The Labute approximate surface area is 125 Å². The van der Waals surface area contributed by atoms with E-state index < -0.39 is 0 Å². The van der Waals surface area contributed by atoms with Crippen molar-refractivity contribution in [1.29, 1.82) is 5.26 Å². The summed E-state index contributed by atoms with van der Waals surface area (Å²) in [7, 11) is 0. The number of rotatable bonds is 5. The molecule has 0 spiro atoms. The molecule has 4 nitrogen and oxygen atoms in total. The van der Waals surface area contributed by atoms with Gasteiger partial charge in [0.15, 0.2) is 0 Å². The lowest BCUT2D eigenvalue weighted by Gasteiger charge is -2.37. The van der Waals surface area contributed by atoms with Crippen LogP contribution in [0.3, 0.4) is 0 Å². The van der Waals surface area contributed by atoms with Crippen LogP contribution in [0.4, 0.5) is 0 Å². The summed E-state index contributed by atoms with van der Waals surface area (Å²) in [5, 5.41) is 18.8. The molecule has 0 saturated carbocycles. The summed E-state index contributed by atoms with van der Waals surface area (Å²) in [6.07, 6.45) is 5.16. The highest BCUT2D eigenvalue weighted by Crippen LogP contribution is 2.35. The van der Waals surface area contributed by atoms with Gasteiger partial charge in [0.25, 0.3) is 0 Å². The van der Waals surface area contributed by atoms with Crippen molar-refractivity contribution in [3.63, 3.8) is 0 Å². The van der Waals surface area contributed by atoms with Crippen LogP contribution in [0.5, 0.6) is 5.75 Å². The predicted octanol–water partition coefficient (Wildman–Crippen LogP) is 2.31. The van der Waals surface area contributed by atoms with Crippen molar-refractivity contribution in [2.75, 3.05) is 13.2 Å². The molecule has 2 heterocycles. The number of fused-ring (bicyclic) bond motifs is 2. The maximum Gasteiger partial charge on any atom is 0.137 e. The molecule has 4 heteroatoms. The van der Waals surface area contributed by atoms with Crippen LogP contribution < -0.4 is 4.74 Å². The van der Waals surface area contributed by atoms with Crippen molar-refractivity contribution >= 4 is 0 Å². The zero-order valence-corrected chi connectivity index (χ0v) is 12.2. The summed E-state index contributed by atoms with van der Waals surface area (Å²) >= 11 is 0. The molecule has 0 amide bonds. The number of para-hydroxylation sites is 1. The highest BCUT2D eigenvalue weighted by molar-refractivity contribution is 5.42. The van der Waals surface area contributed by atoms with Crippen molar-refractivity contribution in [3.8, 4) is 11.8 Å². The van der Waals surface area contributed by atoms with Gasteiger partial charge in [-0.05, 0) is 44.2 Å². The predicted molar refractivity (Wildman–Crippen MR) is 80.0 cm³/mol. The summed E-state index contributed by atoms with van der Waals surface area (Å²) < 4.78 is 5.73. The Balaban J connectivity index is 1.46. The summed E-state index contributed by atoms with van der Waals surface area (Å²) in [4.78, 5) is 2.55. The lowest BCUT2D eigenvalue weighted by Crippen LogP contribution is -2.45. The van der Waals surface area contributed by atoms with Gasteiger partial charge in [-0.2, -0.15) is 5.26 Å². The number of benzene rings is 1. The van der Waals surface area contributed by atoms with Gasteiger partial charge in [-0.15, -0.1) is 0 Å². The molecule has 2 saturated heterocycles. The minimum absolute atomic E-state index is 0.0995. The number of nitriles is 1. The van der Waals surface area contributed by atoms with Gasteiger partial charge in [0.1, 0.15) is 11.8 Å². The number of aliphatic hydroxyl groups is 1. The minimum Gasteiger partial charge on any atom is -0.492 e. The van der Waals surface area contributed by atoms with Gasteiger partial charge in [0, 0.05) is 18.6 Å². The molecule has 2 unspecified atom stereocenters. The van der Waals surface area contributed by atoms with Gasteiger partial charge in [0.2, 0.25) is 0 Å². The molecule has 2 aliphatic heterocycles. The first kappa shape index (κ1) is 14.4. The van der Waals surface area contributed by atoms with E-state index in [4.69, 9.17) is 10.00 Å². The lowest BCUT2D eigenvalue weighted by atomic mass is 10.00. The van der Waals surface area contributed by atoms with Crippen molar-refractivity contribution < 1.29 is 9.84 Å². The third kappa shape index (κ3) is 3.20. The summed E-state index contributed by atoms with van der Waals surface area (Å²) in [6.45, 7) is 1.66. The maximum atomic E-state index is 9.80. The van der Waals surface area contributed by atoms with Crippen LogP contribution in [0, 0.1) is 11.3 Å². The van der Waals surface area contributed by atoms with Gasteiger partial charge in [0.05, 0.1) is 18.3 Å². The summed E-state index contributed by atoms with van der Waals surface area (Å²) in [5.74, 6) is 0.678. The molecule has 112 valence electrons. The van der Waals surface area contributed by atoms with E-state index in [9.17, 15) is 5.11 Å². The Morgan fingerprint density at radius 3 is 2.67 bits per heavy atom. The van der Waals surface area contributed by atoms with Crippen LogP contribution in [0.25, 0.3) is 0 Å². The fraction of sp³-hybridized carbons (Fsp3) is 0.588. The fourth-order valence-electron chi connectivity index (χ4n) is 3.72. The SMILES string of the molecule is N#Cc1ccccc1OCCCN1C2CCC1CC(O)C2. The second-order valence-corrected chi connectivity index (χ2v) is 6.06. The number of nitrogens with zero attached hydrogens (tertiary/aromatic N) is 2. The first-order valence-electron chi connectivity index (χ1n) is 7.83. The summed E-state index contributed by atoms with van der Waals surface area (Å²) in [5.41, 5.74) is 0.596. The van der Waals surface area contributed by atoms with Crippen LogP contribution in [0.15, 0.2) is 24.3 Å². The van der Waals surface area contributed by atoms with Gasteiger partial charge in [-0.1, -0.05) is 12.1 Å². The van der Waals surface area contributed by atoms with E-state index in [-0.39, 0.29) is 6.10 Å². The first-order valence-corrected chi connectivity index (χ1v) is 7.83. The highest BCUT2D eigenvalue weighted by atomic mass is 16.5. The Morgan fingerprint density at radius 1 is 1.24 bits per heavy atom. The monoisotopic (exact) mass is 286 g/mol. The van der Waals surface area contributed by atoms with Crippen LogP contribution in [-0.2, 0) is 0 Å². The number of aliphatic hydroxyl groups excluding tert-OH is 1. The first-order chi connectivity index (χ1) is 10.3. The molecular formula is C17H22N2O2. The molecule has 21 heavy (non-hydrogen) atoms. The lowest BCUT2D eigenvalue weighted by molar-refractivity contribution is 0.0331. The van der Waals surface area contributed by atoms with E-state index >= 15 is 0 Å². The normalized spacial score (nSPS) is 28.3. The van der Waals surface area contributed by atoms with E-state index in [2.05, 4.69) is 11.0 Å². The highest BCUT2D eigenvalue weighted by Gasteiger charge is 2.39. The standard InChI is InChI=1S/C17H22N2O2/c18-12-13-4-1-2-5-17(13)21-9-3-8-19-14-6-7-15(19)11-16(20)10-14/h1-2,4-5,14-16,20H,3,6-11H2. The topological polar surface area (TPSA) is 56.5 Å². The Morgan fingerprint density at radius 2 is 1.95 bits per heavy atom. The van der Waals surface area contributed by atoms with Gasteiger partial charge in [-0.25, -0.2) is 0 Å². The molecule has 2 bridgehead atoms. The molecular weight excluding hydrogens is 264 g/mol. The molecule has 2 aliphatic rings. The second kappa shape index (κ2) is 6.46. The van der Waals surface area contributed by atoms with Crippen molar-refractivity contribution in [2.45, 2.75) is 50.3 Å². The van der Waals surface area contributed by atoms with Gasteiger partial charge >= 0.3 is 0 Å². The van der Waals surface area contributed by atoms with E-state index in [1.54, 1.807) is 6.07 Å².